The Morgan fingerprint density at radius 3 is 2.62 bits per heavy atom. The van der Waals surface area contributed by atoms with E-state index in [1.54, 1.807) is 27.7 Å². The number of anilines is 1. The molecular formula is C14H18N4O6S2. The van der Waals surface area contributed by atoms with Gasteiger partial charge in [-0.2, -0.15) is 0 Å². The van der Waals surface area contributed by atoms with Gasteiger partial charge in [-0.05, 0) is 39.8 Å². The topological polar surface area (TPSA) is 140 Å². The summed E-state index contributed by atoms with van der Waals surface area (Å²) in [6.07, 6.45) is 0. The van der Waals surface area contributed by atoms with E-state index < -0.39 is 32.5 Å². The van der Waals surface area contributed by atoms with Gasteiger partial charge in [-0.25, -0.2) is 17.9 Å². The van der Waals surface area contributed by atoms with Crippen LogP contribution in [0.4, 0.5) is 5.00 Å². The first-order chi connectivity index (χ1) is 12.0. The molecule has 0 aliphatic heterocycles. The molecule has 0 saturated heterocycles. The van der Waals surface area contributed by atoms with Gasteiger partial charge in [-0.15, -0.1) is 5.10 Å². The molecule has 10 nitrogen and oxygen atoms in total. The number of sulfonamides is 1. The fourth-order valence-electron chi connectivity index (χ4n) is 1.81. The number of esters is 1. The summed E-state index contributed by atoms with van der Waals surface area (Å²) in [7, 11) is -3.91. The van der Waals surface area contributed by atoms with Crippen molar-refractivity contribution in [1.29, 1.82) is 0 Å². The van der Waals surface area contributed by atoms with Crippen LogP contribution in [-0.2, 0) is 14.8 Å². The summed E-state index contributed by atoms with van der Waals surface area (Å²) < 4.78 is 40.4. The minimum Gasteiger partial charge on any atom is -0.461 e. The number of furan rings is 1. The van der Waals surface area contributed by atoms with Crippen molar-refractivity contribution in [3.8, 4) is 0 Å². The maximum absolute atomic E-state index is 12.2. The summed E-state index contributed by atoms with van der Waals surface area (Å²) in [5, 5.41) is 5.69. The van der Waals surface area contributed by atoms with Gasteiger partial charge in [0.05, 0.1) is 6.61 Å². The number of hydrogen-bond donors (Lipinski definition) is 2. The summed E-state index contributed by atoms with van der Waals surface area (Å²) in [4.78, 5) is 24.0. The van der Waals surface area contributed by atoms with Crippen LogP contribution in [0.5, 0.6) is 0 Å². The molecule has 142 valence electrons. The second-order valence-corrected chi connectivity index (χ2v) is 8.47. The Bertz CT molecular complexity index is 910. The SMILES string of the molecule is CCOC(=O)c1nnsc1NC(=O)c1ccc(S(=O)(=O)NC(C)(C)C)o1. The molecule has 0 unspecified atom stereocenters. The van der Waals surface area contributed by atoms with E-state index in [9.17, 15) is 18.0 Å². The van der Waals surface area contributed by atoms with Gasteiger partial charge in [0.2, 0.25) is 10.8 Å². The molecule has 0 aliphatic rings. The molecule has 2 aromatic rings. The van der Waals surface area contributed by atoms with Gasteiger partial charge in [0.25, 0.3) is 15.9 Å². The standard InChI is InChI=1S/C14H18N4O6S2/c1-5-23-13(20)10-12(25-18-16-10)15-11(19)8-6-7-9(24-8)26(21,22)17-14(2,3)4/h6-7,17H,5H2,1-4H3,(H,15,19). The van der Waals surface area contributed by atoms with E-state index in [1.165, 1.54) is 12.1 Å². The molecule has 0 radical (unpaired) electrons. The Hall–Kier alpha value is -2.31. The second kappa shape index (κ2) is 7.51. The van der Waals surface area contributed by atoms with E-state index in [1.807, 2.05) is 0 Å². The van der Waals surface area contributed by atoms with Crippen LogP contribution in [0.25, 0.3) is 0 Å². The number of carbonyl (C=O) groups is 2. The minimum atomic E-state index is -3.91. The van der Waals surface area contributed by atoms with Crippen LogP contribution in [0.3, 0.4) is 0 Å². The average Bonchev–Trinajstić information content (AvgIpc) is 3.14. The Balaban J connectivity index is 2.17. The summed E-state index contributed by atoms with van der Waals surface area (Å²) in [5.41, 5.74) is -0.851. The van der Waals surface area contributed by atoms with Gasteiger partial charge < -0.3 is 14.5 Å². The molecule has 0 spiro atoms. The van der Waals surface area contributed by atoms with Crippen LogP contribution in [-0.4, -0.2) is 42.0 Å². The van der Waals surface area contributed by atoms with E-state index in [-0.39, 0.29) is 23.1 Å². The Morgan fingerprint density at radius 2 is 2.00 bits per heavy atom. The second-order valence-electron chi connectivity index (χ2n) is 6.10. The summed E-state index contributed by atoms with van der Waals surface area (Å²) in [5.74, 6) is -1.73. The lowest BCUT2D eigenvalue weighted by molar-refractivity contribution is 0.0520. The maximum atomic E-state index is 12.2. The molecule has 12 heteroatoms. The van der Waals surface area contributed by atoms with Gasteiger partial charge in [0.15, 0.2) is 10.8 Å². The fraction of sp³-hybridized carbons (Fsp3) is 0.429. The van der Waals surface area contributed by atoms with E-state index in [0.29, 0.717) is 0 Å². The van der Waals surface area contributed by atoms with Crippen LogP contribution in [0.15, 0.2) is 21.6 Å². The highest BCUT2D eigenvalue weighted by Gasteiger charge is 2.27. The molecular weight excluding hydrogens is 384 g/mol. The van der Waals surface area contributed by atoms with Crippen LogP contribution < -0.4 is 10.0 Å². The van der Waals surface area contributed by atoms with Crippen LogP contribution in [0.2, 0.25) is 0 Å². The molecule has 2 aromatic heterocycles. The van der Waals surface area contributed by atoms with Gasteiger partial charge in [-0.1, -0.05) is 4.49 Å². The van der Waals surface area contributed by atoms with Crippen LogP contribution in [0.1, 0.15) is 48.7 Å². The van der Waals surface area contributed by atoms with E-state index in [4.69, 9.17) is 9.15 Å². The van der Waals surface area contributed by atoms with Crippen molar-refractivity contribution in [3.63, 3.8) is 0 Å². The smallest absolute Gasteiger partial charge is 0.362 e. The minimum absolute atomic E-state index is 0.0714. The monoisotopic (exact) mass is 402 g/mol. The van der Waals surface area contributed by atoms with Gasteiger partial charge in [0, 0.05) is 17.1 Å². The van der Waals surface area contributed by atoms with E-state index >= 15 is 0 Å². The van der Waals surface area contributed by atoms with Gasteiger partial charge >= 0.3 is 5.97 Å². The number of nitrogens with zero attached hydrogens (tertiary/aromatic N) is 2. The molecule has 0 bridgehead atoms. The molecule has 1 amide bonds. The summed E-state index contributed by atoms with van der Waals surface area (Å²) >= 11 is 0.781. The third-order valence-corrected chi connectivity index (χ3v) is 4.97. The molecule has 2 N–H and O–H groups in total. The average molecular weight is 402 g/mol. The lowest BCUT2D eigenvalue weighted by atomic mass is 10.1. The molecule has 0 fully saturated rings. The lowest BCUT2D eigenvalue weighted by Gasteiger charge is -2.18. The molecule has 2 heterocycles. The van der Waals surface area contributed by atoms with Crippen molar-refractivity contribution < 1.29 is 27.2 Å². The maximum Gasteiger partial charge on any atom is 0.362 e. The van der Waals surface area contributed by atoms with Crippen molar-refractivity contribution in [1.82, 2.24) is 14.3 Å². The van der Waals surface area contributed by atoms with Crippen molar-refractivity contribution in [3.05, 3.63) is 23.6 Å². The molecule has 0 atom stereocenters. The largest absolute Gasteiger partial charge is 0.461 e. The molecule has 0 aliphatic carbocycles. The molecule has 26 heavy (non-hydrogen) atoms. The summed E-state index contributed by atoms with van der Waals surface area (Å²) in [6, 6.07) is 2.38. The van der Waals surface area contributed by atoms with Crippen LogP contribution >= 0.6 is 11.5 Å². The van der Waals surface area contributed by atoms with Crippen molar-refractivity contribution in [2.24, 2.45) is 0 Å². The number of aromatic nitrogens is 2. The van der Waals surface area contributed by atoms with Crippen molar-refractivity contribution in [2.45, 2.75) is 38.3 Å². The number of rotatable bonds is 6. The number of amides is 1. The quantitative estimate of drug-likeness (QED) is 0.695. The van der Waals surface area contributed by atoms with Crippen molar-refractivity contribution >= 4 is 38.4 Å². The molecule has 2 rings (SSSR count). The predicted octanol–water partition coefficient (Wildman–Crippen LogP) is 1.64. The normalized spacial score (nSPS) is 12.0. The number of carbonyl (C=O) groups excluding carboxylic acids is 2. The highest BCUT2D eigenvalue weighted by molar-refractivity contribution is 7.89. The first kappa shape index (κ1) is 20.0. The third kappa shape index (κ3) is 4.86. The number of nitrogens with one attached hydrogen (secondary N) is 2. The fourth-order valence-corrected chi connectivity index (χ4v) is 3.72. The number of hydrogen-bond acceptors (Lipinski definition) is 9. The Kier molecular flexibility index (Phi) is 5.78. The summed E-state index contributed by atoms with van der Waals surface area (Å²) in [6.45, 7) is 6.80. The Labute approximate surface area is 154 Å². The van der Waals surface area contributed by atoms with Crippen LogP contribution in [0, 0.1) is 0 Å². The highest BCUT2D eigenvalue weighted by Crippen LogP contribution is 2.21. The highest BCUT2D eigenvalue weighted by atomic mass is 32.2. The van der Waals surface area contributed by atoms with Crippen molar-refractivity contribution in [2.75, 3.05) is 11.9 Å². The first-order valence-electron chi connectivity index (χ1n) is 7.48. The number of ether oxygens (including phenoxy) is 1. The third-order valence-electron chi connectivity index (χ3n) is 2.69. The zero-order valence-electron chi connectivity index (χ0n) is 14.5. The zero-order valence-corrected chi connectivity index (χ0v) is 16.2. The predicted molar refractivity (Wildman–Crippen MR) is 92.6 cm³/mol. The molecule has 0 aromatic carbocycles. The first-order valence-corrected chi connectivity index (χ1v) is 9.74. The molecule has 0 saturated carbocycles. The van der Waals surface area contributed by atoms with Gasteiger partial charge in [0.1, 0.15) is 0 Å². The Morgan fingerprint density at radius 1 is 1.31 bits per heavy atom. The lowest BCUT2D eigenvalue weighted by Crippen LogP contribution is -2.40. The van der Waals surface area contributed by atoms with E-state index in [2.05, 4.69) is 19.6 Å². The van der Waals surface area contributed by atoms with Gasteiger partial charge in [-0.3, -0.25) is 4.79 Å². The van der Waals surface area contributed by atoms with E-state index in [0.717, 1.165) is 11.5 Å². The zero-order chi connectivity index (χ0) is 19.5.